The normalized spacial score (nSPS) is 18.1. The number of anilines is 1. The SMILES string of the molecule is CCOC(=O)CCC1CCc2ccccc2N1. The zero-order valence-corrected chi connectivity index (χ0v) is 10.2. The molecule has 0 saturated heterocycles. The standard InChI is InChI=1S/C14H19NO2/c1-2-17-14(16)10-9-12-8-7-11-5-3-4-6-13(11)15-12/h3-6,12,15H,2,7-10H2,1H3. The summed E-state index contributed by atoms with van der Waals surface area (Å²) in [5, 5.41) is 3.49. The molecule has 0 fully saturated rings. The highest BCUT2D eigenvalue weighted by Crippen LogP contribution is 2.25. The minimum absolute atomic E-state index is 0.0897. The Kier molecular flexibility index (Phi) is 4.02. The van der Waals surface area contributed by atoms with Crippen LogP contribution in [0.3, 0.4) is 0 Å². The fourth-order valence-electron chi connectivity index (χ4n) is 2.24. The van der Waals surface area contributed by atoms with Gasteiger partial charge in [0.1, 0.15) is 0 Å². The predicted octanol–water partition coefficient (Wildman–Crippen LogP) is 2.76. The van der Waals surface area contributed by atoms with Gasteiger partial charge in [-0.25, -0.2) is 0 Å². The van der Waals surface area contributed by atoms with Crippen LogP contribution >= 0.6 is 0 Å². The number of para-hydroxylation sites is 1. The maximum absolute atomic E-state index is 11.3. The number of ether oxygens (including phenoxy) is 1. The van der Waals surface area contributed by atoms with Gasteiger partial charge in [0.15, 0.2) is 0 Å². The molecule has 0 aromatic heterocycles. The predicted molar refractivity (Wildman–Crippen MR) is 68.0 cm³/mol. The van der Waals surface area contributed by atoms with Crippen molar-refractivity contribution in [2.75, 3.05) is 11.9 Å². The van der Waals surface area contributed by atoms with Crippen LogP contribution in [0.2, 0.25) is 0 Å². The fraction of sp³-hybridized carbons (Fsp3) is 0.500. The van der Waals surface area contributed by atoms with E-state index in [-0.39, 0.29) is 5.97 Å². The van der Waals surface area contributed by atoms with Gasteiger partial charge in [-0.2, -0.15) is 0 Å². The van der Waals surface area contributed by atoms with Crippen molar-refractivity contribution < 1.29 is 9.53 Å². The summed E-state index contributed by atoms with van der Waals surface area (Å²) in [4.78, 5) is 11.3. The summed E-state index contributed by atoms with van der Waals surface area (Å²) in [6.45, 7) is 2.31. The van der Waals surface area contributed by atoms with E-state index in [1.807, 2.05) is 13.0 Å². The van der Waals surface area contributed by atoms with E-state index in [2.05, 4.69) is 23.5 Å². The van der Waals surface area contributed by atoms with Crippen LogP contribution in [-0.2, 0) is 16.0 Å². The van der Waals surface area contributed by atoms with Crippen LogP contribution in [-0.4, -0.2) is 18.6 Å². The highest BCUT2D eigenvalue weighted by molar-refractivity contribution is 5.69. The Morgan fingerprint density at radius 1 is 1.47 bits per heavy atom. The molecule has 92 valence electrons. The van der Waals surface area contributed by atoms with Gasteiger partial charge < -0.3 is 10.1 Å². The van der Waals surface area contributed by atoms with E-state index in [4.69, 9.17) is 4.74 Å². The number of nitrogens with one attached hydrogen (secondary N) is 1. The summed E-state index contributed by atoms with van der Waals surface area (Å²) < 4.78 is 4.94. The average molecular weight is 233 g/mol. The number of aryl methyl sites for hydroxylation is 1. The van der Waals surface area contributed by atoms with Crippen LogP contribution in [0.5, 0.6) is 0 Å². The van der Waals surface area contributed by atoms with E-state index in [9.17, 15) is 4.79 Å². The van der Waals surface area contributed by atoms with Crippen LogP contribution in [0.25, 0.3) is 0 Å². The molecule has 0 radical (unpaired) electrons. The van der Waals surface area contributed by atoms with E-state index in [0.29, 0.717) is 19.1 Å². The van der Waals surface area contributed by atoms with Crippen molar-refractivity contribution in [1.29, 1.82) is 0 Å². The van der Waals surface area contributed by atoms with E-state index in [1.165, 1.54) is 11.3 Å². The summed E-state index contributed by atoms with van der Waals surface area (Å²) in [6.07, 6.45) is 3.55. The molecule has 17 heavy (non-hydrogen) atoms. The molecule has 1 heterocycles. The lowest BCUT2D eigenvalue weighted by molar-refractivity contribution is -0.143. The zero-order valence-electron chi connectivity index (χ0n) is 10.2. The summed E-state index contributed by atoms with van der Waals surface area (Å²) in [6, 6.07) is 8.77. The lowest BCUT2D eigenvalue weighted by Crippen LogP contribution is -2.26. The van der Waals surface area contributed by atoms with Gasteiger partial charge in [0.25, 0.3) is 0 Å². The van der Waals surface area contributed by atoms with Crippen molar-refractivity contribution in [3.05, 3.63) is 29.8 Å². The highest BCUT2D eigenvalue weighted by atomic mass is 16.5. The first-order chi connectivity index (χ1) is 8.29. The van der Waals surface area contributed by atoms with Gasteiger partial charge in [0.2, 0.25) is 0 Å². The van der Waals surface area contributed by atoms with Gasteiger partial charge in [-0.1, -0.05) is 18.2 Å². The quantitative estimate of drug-likeness (QED) is 0.813. The van der Waals surface area contributed by atoms with Gasteiger partial charge in [-0.15, -0.1) is 0 Å². The second-order valence-electron chi connectivity index (χ2n) is 4.38. The first-order valence-electron chi connectivity index (χ1n) is 6.29. The smallest absolute Gasteiger partial charge is 0.305 e. The monoisotopic (exact) mass is 233 g/mol. The highest BCUT2D eigenvalue weighted by Gasteiger charge is 2.18. The van der Waals surface area contributed by atoms with Gasteiger partial charge >= 0.3 is 5.97 Å². The number of carbonyl (C=O) groups is 1. The number of rotatable bonds is 4. The van der Waals surface area contributed by atoms with Crippen molar-refractivity contribution in [2.45, 2.75) is 38.6 Å². The molecule has 1 aliphatic heterocycles. The van der Waals surface area contributed by atoms with Gasteiger partial charge in [0.05, 0.1) is 6.61 Å². The number of hydrogen-bond acceptors (Lipinski definition) is 3. The van der Waals surface area contributed by atoms with Gasteiger partial charge in [0, 0.05) is 18.2 Å². The molecule has 0 saturated carbocycles. The molecule has 1 unspecified atom stereocenters. The van der Waals surface area contributed by atoms with Crippen LogP contribution in [0.4, 0.5) is 5.69 Å². The number of esters is 1. The lowest BCUT2D eigenvalue weighted by atomic mass is 9.95. The molecule has 3 heteroatoms. The third-order valence-corrected chi connectivity index (χ3v) is 3.14. The van der Waals surface area contributed by atoms with Crippen LogP contribution < -0.4 is 5.32 Å². The Labute approximate surface area is 102 Å². The number of hydrogen-bond donors (Lipinski definition) is 1. The Morgan fingerprint density at radius 2 is 2.29 bits per heavy atom. The topological polar surface area (TPSA) is 38.3 Å². The molecule has 1 aromatic carbocycles. The summed E-state index contributed by atoms with van der Waals surface area (Å²) >= 11 is 0. The molecular weight excluding hydrogens is 214 g/mol. The van der Waals surface area contributed by atoms with E-state index >= 15 is 0 Å². The third-order valence-electron chi connectivity index (χ3n) is 3.14. The Balaban J connectivity index is 1.84. The Bertz CT molecular complexity index is 390. The number of fused-ring (bicyclic) bond motifs is 1. The second-order valence-corrected chi connectivity index (χ2v) is 4.38. The Hall–Kier alpha value is -1.51. The molecule has 1 aromatic rings. The first-order valence-corrected chi connectivity index (χ1v) is 6.29. The van der Waals surface area contributed by atoms with E-state index in [1.54, 1.807) is 0 Å². The molecule has 0 amide bonds. The van der Waals surface area contributed by atoms with Crippen molar-refractivity contribution in [3.8, 4) is 0 Å². The fourth-order valence-corrected chi connectivity index (χ4v) is 2.24. The Morgan fingerprint density at radius 3 is 3.12 bits per heavy atom. The maximum atomic E-state index is 11.3. The summed E-state index contributed by atoms with van der Waals surface area (Å²) in [5.41, 5.74) is 2.59. The third kappa shape index (κ3) is 3.22. The second kappa shape index (κ2) is 5.71. The minimum Gasteiger partial charge on any atom is -0.466 e. The number of carbonyl (C=O) groups excluding carboxylic acids is 1. The van der Waals surface area contributed by atoms with Crippen molar-refractivity contribution in [1.82, 2.24) is 0 Å². The molecule has 2 rings (SSSR count). The van der Waals surface area contributed by atoms with Gasteiger partial charge in [-0.3, -0.25) is 4.79 Å². The maximum Gasteiger partial charge on any atom is 0.305 e. The molecule has 3 nitrogen and oxygen atoms in total. The lowest BCUT2D eigenvalue weighted by Gasteiger charge is -2.26. The van der Waals surface area contributed by atoms with E-state index < -0.39 is 0 Å². The van der Waals surface area contributed by atoms with Crippen LogP contribution in [0.15, 0.2) is 24.3 Å². The first kappa shape index (κ1) is 12.0. The van der Waals surface area contributed by atoms with Crippen LogP contribution in [0, 0.1) is 0 Å². The molecular formula is C14H19NO2. The molecule has 0 bridgehead atoms. The van der Waals surface area contributed by atoms with Crippen molar-refractivity contribution >= 4 is 11.7 Å². The number of benzene rings is 1. The zero-order chi connectivity index (χ0) is 12.1. The van der Waals surface area contributed by atoms with Gasteiger partial charge in [-0.05, 0) is 37.8 Å². The summed E-state index contributed by atoms with van der Waals surface area (Å²) in [7, 11) is 0. The molecule has 0 aliphatic carbocycles. The van der Waals surface area contributed by atoms with Crippen molar-refractivity contribution in [2.24, 2.45) is 0 Å². The van der Waals surface area contributed by atoms with Crippen LogP contribution in [0.1, 0.15) is 31.7 Å². The van der Waals surface area contributed by atoms with Crippen molar-refractivity contribution in [3.63, 3.8) is 0 Å². The molecule has 1 N–H and O–H groups in total. The minimum atomic E-state index is -0.0897. The largest absolute Gasteiger partial charge is 0.466 e. The molecule has 1 aliphatic rings. The van der Waals surface area contributed by atoms with E-state index in [0.717, 1.165) is 19.3 Å². The average Bonchev–Trinajstić information content (AvgIpc) is 2.36. The molecule has 1 atom stereocenters. The molecule has 0 spiro atoms. The summed E-state index contributed by atoms with van der Waals surface area (Å²) in [5.74, 6) is -0.0897.